The summed E-state index contributed by atoms with van der Waals surface area (Å²) >= 11 is 0. The van der Waals surface area contributed by atoms with E-state index in [1.54, 1.807) is 6.07 Å². The molecule has 106 valence electrons. The number of primary amides is 1. The minimum atomic E-state index is -0.529. The van der Waals surface area contributed by atoms with Crippen LogP contribution in [0.4, 0.5) is 0 Å². The van der Waals surface area contributed by atoms with E-state index in [0.717, 1.165) is 16.7 Å². The van der Waals surface area contributed by atoms with Crippen molar-refractivity contribution in [3.63, 3.8) is 0 Å². The highest BCUT2D eigenvalue weighted by atomic mass is 16.5. The molecule has 2 aromatic carbocycles. The first-order chi connectivity index (χ1) is 10.1. The average Bonchev–Trinajstić information content (AvgIpc) is 2.91. The summed E-state index contributed by atoms with van der Waals surface area (Å²) in [6.07, 6.45) is 0. The molecular weight excluding hydrogens is 268 g/mol. The van der Waals surface area contributed by atoms with Crippen molar-refractivity contribution in [2.75, 3.05) is 6.61 Å². The number of aromatic nitrogens is 1. The lowest BCUT2D eigenvalue weighted by molar-refractivity contribution is -0.119. The number of nitrogens with zero attached hydrogens (tertiary/aromatic N) is 1. The van der Waals surface area contributed by atoms with Crippen LogP contribution in [0.3, 0.4) is 0 Å². The third-order valence-corrected chi connectivity index (χ3v) is 3.11. The number of aryl methyl sites for hydroxylation is 1. The van der Waals surface area contributed by atoms with Crippen molar-refractivity contribution < 1.29 is 13.9 Å². The Labute approximate surface area is 121 Å². The molecule has 5 heteroatoms. The summed E-state index contributed by atoms with van der Waals surface area (Å²) in [6.45, 7) is 1.79. The number of oxazole rings is 1. The van der Waals surface area contributed by atoms with E-state index in [-0.39, 0.29) is 6.61 Å². The average molecular weight is 282 g/mol. The number of hydrogen-bond acceptors (Lipinski definition) is 4. The van der Waals surface area contributed by atoms with E-state index in [2.05, 4.69) is 4.98 Å². The fourth-order valence-corrected chi connectivity index (χ4v) is 2.12. The van der Waals surface area contributed by atoms with Crippen LogP contribution in [0.15, 0.2) is 46.9 Å². The molecule has 21 heavy (non-hydrogen) atoms. The molecule has 0 spiro atoms. The van der Waals surface area contributed by atoms with Gasteiger partial charge in [0.1, 0.15) is 11.3 Å². The Morgan fingerprint density at radius 2 is 2.05 bits per heavy atom. The van der Waals surface area contributed by atoms with Crippen molar-refractivity contribution >= 4 is 17.0 Å². The van der Waals surface area contributed by atoms with Crippen molar-refractivity contribution in [1.29, 1.82) is 0 Å². The van der Waals surface area contributed by atoms with Gasteiger partial charge >= 0.3 is 0 Å². The van der Waals surface area contributed by atoms with Gasteiger partial charge in [0.15, 0.2) is 12.2 Å². The zero-order valence-corrected chi connectivity index (χ0v) is 11.5. The Bertz CT molecular complexity index is 808. The van der Waals surface area contributed by atoms with Crippen LogP contribution in [0.5, 0.6) is 5.75 Å². The van der Waals surface area contributed by atoms with Gasteiger partial charge in [0.05, 0.1) is 5.56 Å². The summed E-state index contributed by atoms with van der Waals surface area (Å²) in [6, 6.07) is 13.0. The van der Waals surface area contributed by atoms with E-state index in [9.17, 15) is 4.79 Å². The number of hydrogen-bond donors (Lipinski definition) is 1. The predicted octanol–water partition coefficient (Wildman–Crippen LogP) is 2.67. The molecule has 1 heterocycles. The minimum absolute atomic E-state index is 0.184. The highest BCUT2D eigenvalue weighted by molar-refractivity contribution is 5.80. The molecule has 0 unspecified atom stereocenters. The molecule has 0 aliphatic rings. The van der Waals surface area contributed by atoms with Gasteiger partial charge in [-0.1, -0.05) is 24.3 Å². The lowest BCUT2D eigenvalue weighted by Gasteiger charge is -2.07. The van der Waals surface area contributed by atoms with E-state index in [1.165, 1.54) is 0 Å². The van der Waals surface area contributed by atoms with Gasteiger partial charge in [0, 0.05) is 0 Å². The lowest BCUT2D eigenvalue weighted by atomic mass is 10.2. The number of carbonyl (C=O) groups excluding carboxylic acids is 1. The first kappa shape index (κ1) is 13.2. The van der Waals surface area contributed by atoms with Gasteiger partial charge in [-0.15, -0.1) is 0 Å². The smallest absolute Gasteiger partial charge is 0.255 e. The fraction of sp³-hybridized carbons (Fsp3) is 0.125. The fourth-order valence-electron chi connectivity index (χ4n) is 2.12. The topological polar surface area (TPSA) is 78.4 Å². The maximum Gasteiger partial charge on any atom is 0.255 e. The van der Waals surface area contributed by atoms with Gasteiger partial charge in [-0.3, -0.25) is 4.79 Å². The molecule has 1 amide bonds. The van der Waals surface area contributed by atoms with Crippen LogP contribution < -0.4 is 10.5 Å². The van der Waals surface area contributed by atoms with Gasteiger partial charge < -0.3 is 14.9 Å². The van der Waals surface area contributed by atoms with Crippen LogP contribution in [0.1, 0.15) is 5.56 Å². The number of amides is 1. The van der Waals surface area contributed by atoms with Crippen molar-refractivity contribution in [3.8, 4) is 17.2 Å². The highest BCUT2D eigenvalue weighted by Gasteiger charge is 2.14. The highest BCUT2D eigenvalue weighted by Crippen LogP contribution is 2.32. The molecule has 2 N–H and O–H groups in total. The summed E-state index contributed by atoms with van der Waals surface area (Å²) in [5.74, 6) is 0.443. The molecule has 5 nitrogen and oxygen atoms in total. The predicted molar refractivity (Wildman–Crippen MR) is 78.9 cm³/mol. The van der Waals surface area contributed by atoms with Crippen LogP contribution in [-0.4, -0.2) is 17.5 Å². The number of fused-ring (bicyclic) bond motifs is 1. The van der Waals surface area contributed by atoms with Crippen LogP contribution >= 0.6 is 0 Å². The second-order valence-electron chi connectivity index (χ2n) is 4.69. The Hall–Kier alpha value is -2.82. The van der Waals surface area contributed by atoms with Gasteiger partial charge in [-0.05, 0) is 30.7 Å². The van der Waals surface area contributed by atoms with Crippen LogP contribution in [0.25, 0.3) is 22.6 Å². The number of nitrogens with two attached hydrogens (primary N) is 1. The normalized spacial score (nSPS) is 10.7. The number of rotatable bonds is 4. The zero-order chi connectivity index (χ0) is 14.8. The molecule has 1 aromatic heterocycles. The Morgan fingerprint density at radius 3 is 2.81 bits per heavy atom. The quantitative estimate of drug-likeness (QED) is 0.798. The maximum atomic E-state index is 10.9. The second-order valence-corrected chi connectivity index (χ2v) is 4.69. The van der Waals surface area contributed by atoms with Crippen molar-refractivity contribution in [3.05, 3.63) is 48.0 Å². The summed E-state index contributed by atoms with van der Waals surface area (Å²) in [5, 5.41) is 0. The molecule has 0 saturated carbocycles. The first-order valence-electron chi connectivity index (χ1n) is 6.52. The molecule has 0 saturated heterocycles. The summed E-state index contributed by atoms with van der Waals surface area (Å²) < 4.78 is 11.2. The maximum absolute atomic E-state index is 10.9. The molecule has 0 aliphatic heterocycles. The van der Waals surface area contributed by atoms with Crippen molar-refractivity contribution in [2.24, 2.45) is 5.73 Å². The Balaban J connectivity index is 2.06. The second kappa shape index (κ2) is 5.28. The molecule has 3 aromatic rings. The number of benzene rings is 2. The lowest BCUT2D eigenvalue weighted by Crippen LogP contribution is -2.20. The molecule has 0 bridgehead atoms. The standard InChI is InChI=1S/C16H14N2O3/c1-10-5-4-8-13-15(10)18-16(21-13)11-6-2-3-7-12(11)20-9-14(17)19/h2-8H,9H2,1H3,(H2,17,19). The van der Waals surface area contributed by atoms with E-state index in [0.29, 0.717) is 17.2 Å². The number of carbonyl (C=O) groups is 1. The zero-order valence-electron chi connectivity index (χ0n) is 11.5. The molecule has 0 aliphatic carbocycles. The van der Waals surface area contributed by atoms with Crippen molar-refractivity contribution in [1.82, 2.24) is 4.98 Å². The molecular formula is C16H14N2O3. The molecule has 0 fully saturated rings. The summed E-state index contributed by atoms with van der Waals surface area (Å²) in [7, 11) is 0. The molecule has 3 rings (SSSR count). The molecule has 0 atom stereocenters. The number of ether oxygens (including phenoxy) is 1. The van der Waals surface area contributed by atoms with Crippen LogP contribution in [0, 0.1) is 6.92 Å². The number of para-hydroxylation sites is 2. The largest absolute Gasteiger partial charge is 0.483 e. The minimum Gasteiger partial charge on any atom is -0.483 e. The van der Waals surface area contributed by atoms with Gasteiger partial charge in [-0.25, -0.2) is 4.98 Å². The monoisotopic (exact) mass is 282 g/mol. The van der Waals surface area contributed by atoms with Crippen molar-refractivity contribution in [2.45, 2.75) is 6.92 Å². The van der Waals surface area contributed by atoms with Gasteiger partial charge in [0.2, 0.25) is 5.89 Å². The van der Waals surface area contributed by atoms with E-state index in [1.807, 2.05) is 43.3 Å². The van der Waals surface area contributed by atoms with E-state index in [4.69, 9.17) is 14.9 Å². The van der Waals surface area contributed by atoms with E-state index >= 15 is 0 Å². The Morgan fingerprint density at radius 1 is 1.24 bits per heavy atom. The third-order valence-electron chi connectivity index (χ3n) is 3.11. The van der Waals surface area contributed by atoms with E-state index < -0.39 is 5.91 Å². The summed E-state index contributed by atoms with van der Waals surface area (Å²) in [5.41, 5.74) is 8.37. The third kappa shape index (κ3) is 2.58. The van der Waals surface area contributed by atoms with Gasteiger partial charge in [0.25, 0.3) is 5.91 Å². The van der Waals surface area contributed by atoms with Crippen LogP contribution in [-0.2, 0) is 4.79 Å². The first-order valence-corrected chi connectivity index (χ1v) is 6.52. The SMILES string of the molecule is Cc1cccc2oc(-c3ccccc3OCC(N)=O)nc12. The van der Waals surface area contributed by atoms with Gasteiger partial charge in [-0.2, -0.15) is 0 Å². The molecule has 0 radical (unpaired) electrons. The Kier molecular flexibility index (Phi) is 3.31. The van der Waals surface area contributed by atoms with Crippen LogP contribution in [0.2, 0.25) is 0 Å². The summed E-state index contributed by atoms with van der Waals surface area (Å²) in [4.78, 5) is 15.4.